The summed E-state index contributed by atoms with van der Waals surface area (Å²) in [5.74, 6) is 0.678. The van der Waals surface area contributed by atoms with Gasteiger partial charge in [-0.3, -0.25) is 9.00 Å². The molecule has 0 saturated heterocycles. The molecule has 0 fully saturated rings. The monoisotopic (exact) mass is 443 g/mol. The molecule has 1 atom stereocenters. The van der Waals surface area contributed by atoms with Crippen molar-refractivity contribution in [1.82, 2.24) is 9.97 Å². The van der Waals surface area contributed by atoms with E-state index in [4.69, 9.17) is 0 Å². The third-order valence-corrected chi connectivity index (χ3v) is 5.52. The van der Waals surface area contributed by atoms with Gasteiger partial charge in [0.25, 0.3) is 0 Å². The number of carbonyl (C=O) groups excluding carboxylic acids is 1. The van der Waals surface area contributed by atoms with Crippen LogP contribution in [-0.4, -0.2) is 25.8 Å². The van der Waals surface area contributed by atoms with Crippen molar-refractivity contribution in [2.45, 2.75) is 12.7 Å². The molecule has 1 aromatic heterocycles. The molecule has 3 rings (SSSR count). The van der Waals surface area contributed by atoms with Gasteiger partial charge in [0.1, 0.15) is 5.75 Å². The van der Waals surface area contributed by atoms with E-state index < -0.39 is 10.8 Å². The Morgan fingerprint density at radius 3 is 2.44 bits per heavy atom. The summed E-state index contributed by atoms with van der Waals surface area (Å²) in [7, 11) is -1.27. The number of aryl methyl sites for hydroxylation is 1. The summed E-state index contributed by atoms with van der Waals surface area (Å²) >= 11 is 3.36. The highest BCUT2D eigenvalue weighted by Crippen LogP contribution is 2.18. The summed E-state index contributed by atoms with van der Waals surface area (Å²) < 4.78 is 13.2. The summed E-state index contributed by atoms with van der Waals surface area (Å²) in [6.07, 6.45) is 1.72. The molecule has 0 unspecified atom stereocenters. The van der Waals surface area contributed by atoms with Crippen LogP contribution in [0.2, 0.25) is 0 Å². The van der Waals surface area contributed by atoms with Gasteiger partial charge in [-0.15, -0.1) is 0 Å². The van der Waals surface area contributed by atoms with E-state index in [-0.39, 0.29) is 11.7 Å². The van der Waals surface area contributed by atoms with Gasteiger partial charge in [0.15, 0.2) is 5.82 Å². The molecule has 0 radical (unpaired) electrons. The van der Waals surface area contributed by atoms with Crippen molar-refractivity contribution >= 4 is 38.3 Å². The molecule has 0 bridgehead atoms. The van der Waals surface area contributed by atoms with Crippen LogP contribution in [-0.2, 0) is 21.3 Å². The summed E-state index contributed by atoms with van der Waals surface area (Å²) in [5.41, 5.74) is 3.35. The number of nitrogens with one attached hydrogen (secondary N) is 1. The molecule has 1 amide bonds. The normalized spacial score (nSPS) is 11.8. The maximum absolute atomic E-state index is 12.2. The topological polar surface area (TPSA) is 72.0 Å². The second kappa shape index (κ2) is 9.01. The molecule has 1 heterocycles. The Balaban J connectivity index is 1.56. The lowest BCUT2D eigenvalue weighted by molar-refractivity contribution is -0.113. The predicted molar refractivity (Wildman–Crippen MR) is 112 cm³/mol. The van der Waals surface area contributed by atoms with Crippen LogP contribution < -0.4 is 5.32 Å². The molecular formula is C20H18BrN3O2S. The van der Waals surface area contributed by atoms with E-state index >= 15 is 0 Å². The summed E-state index contributed by atoms with van der Waals surface area (Å²) in [6.45, 7) is 1.91. The predicted octanol–water partition coefficient (Wildman–Crippen LogP) is 4.10. The molecule has 2 aromatic carbocycles. The average Bonchev–Trinajstić information content (AvgIpc) is 2.64. The fourth-order valence-electron chi connectivity index (χ4n) is 2.45. The number of aromatic nitrogens is 2. The van der Waals surface area contributed by atoms with Crippen LogP contribution in [0, 0.1) is 6.92 Å². The zero-order valence-corrected chi connectivity index (χ0v) is 17.1. The van der Waals surface area contributed by atoms with Crippen LogP contribution >= 0.6 is 15.9 Å². The van der Waals surface area contributed by atoms with Crippen molar-refractivity contribution < 1.29 is 9.00 Å². The van der Waals surface area contributed by atoms with Gasteiger partial charge in [0.05, 0.1) is 0 Å². The molecule has 0 aliphatic rings. The molecule has 0 aliphatic carbocycles. The largest absolute Gasteiger partial charge is 0.325 e. The average molecular weight is 444 g/mol. The second-order valence-electron chi connectivity index (χ2n) is 6.00. The van der Waals surface area contributed by atoms with Gasteiger partial charge < -0.3 is 5.32 Å². The van der Waals surface area contributed by atoms with Gasteiger partial charge in [0.2, 0.25) is 5.91 Å². The van der Waals surface area contributed by atoms with Crippen molar-refractivity contribution in [3.8, 4) is 11.4 Å². The van der Waals surface area contributed by atoms with E-state index in [1.54, 1.807) is 18.3 Å². The fourth-order valence-corrected chi connectivity index (χ4v) is 3.75. The summed E-state index contributed by atoms with van der Waals surface area (Å²) in [4.78, 5) is 20.8. The van der Waals surface area contributed by atoms with Crippen LogP contribution in [0.3, 0.4) is 0 Å². The standard InChI is InChI=1S/C20H18BrN3O2S/c1-14-10-11-22-20(23-14)16-4-8-18(9-5-16)24-19(25)13-27(26)12-15-2-6-17(21)7-3-15/h2-11H,12-13H2,1H3,(H,24,25)/t27-/m1/s1. The number of amides is 1. The van der Waals surface area contributed by atoms with Gasteiger partial charge in [-0.05, 0) is 55.0 Å². The summed E-state index contributed by atoms with van der Waals surface area (Å²) in [5, 5.41) is 2.78. The third-order valence-electron chi connectivity index (χ3n) is 3.75. The van der Waals surface area contributed by atoms with Crippen LogP contribution in [0.15, 0.2) is 65.3 Å². The molecule has 138 valence electrons. The SMILES string of the molecule is Cc1ccnc(-c2ccc(NC(=O)C[S@](=O)Cc3ccc(Br)cc3)cc2)n1. The van der Waals surface area contributed by atoms with Crippen molar-refractivity contribution in [2.24, 2.45) is 0 Å². The van der Waals surface area contributed by atoms with Crippen molar-refractivity contribution in [3.05, 3.63) is 76.5 Å². The van der Waals surface area contributed by atoms with Crippen LogP contribution in [0.4, 0.5) is 5.69 Å². The lowest BCUT2D eigenvalue weighted by atomic mass is 10.2. The van der Waals surface area contributed by atoms with Gasteiger partial charge >= 0.3 is 0 Å². The molecule has 27 heavy (non-hydrogen) atoms. The highest BCUT2D eigenvalue weighted by molar-refractivity contribution is 9.10. The second-order valence-corrected chi connectivity index (χ2v) is 8.37. The summed E-state index contributed by atoms with van der Waals surface area (Å²) in [6, 6.07) is 16.7. The van der Waals surface area contributed by atoms with Crippen molar-refractivity contribution in [1.29, 1.82) is 0 Å². The lowest BCUT2D eigenvalue weighted by Crippen LogP contribution is -2.20. The first-order valence-electron chi connectivity index (χ1n) is 8.29. The quantitative estimate of drug-likeness (QED) is 0.622. The maximum Gasteiger partial charge on any atom is 0.237 e. The van der Waals surface area contributed by atoms with Gasteiger partial charge in [-0.2, -0.15) is 0 Å². The molecule has 5 nitrogen and oxygen atoms in total. The van der Waals surface area contributed by atoms with Crippen molar-refractivity contribution in [3.63, 3.8) is 0 Å². The molecule has 0 aliphatic heterocycles. The zero-order chi connectivity index (χ0) is 19.2. The fraction of sp³-hybridized carbons (Fsp3) is 0.150. The number of benzene rings is 2. The minimum atomic E-state index is -1.27. The molecule has 7 heteroatoms. The molecule has 0 saturated carbocycles. The number of carbonyl (C=O) groups is 1. The van der Waals surface area contributed by atoms with E-state index in [0.717, 1.165) is 21.3 Å². The smallest absolute Gasteiger partial charge is 0.237 e. The number of rotatable bonds is 6. The Labute approximate surface area is 168 Å². The van der Waals surface area contributed by atoms with Crippen molar-refractivity contribution in [2.75, 3.05) is 11.1 Å². The van der Waals surface area contributed by atoms with E-state index in [2.05, 4.69) is 31.2 Å². The Morgan fingerprint density at radius 2 is 1.78 bits per heavy atom. The molecular weight excluding hydrogens is 426 g/mol. The Kier molecular flexibility index (Phi) is 6.47. The number of nitrogens with zero attached hydrogens (tertiary/aromatic N) is 2. The highest BCUT2D eigenvalue weighted by Gasteiger charge is 2.10. The minimum Gasteiger partial charge on any atom is -0.325 e. The van der Waals surface area contributed by atoms with E-state index in [0.29, 0.717) is 17.3 Å². The van der Waals surface area contributed by atoms with Gasteiger partial charge in [-0.25, -0.2) is 9.97 Å². The third kappa shape index (κ3) is 5.80. The lowest BCUT2D eigenvalue weighted by Gasteiger charge is -2.07. The number of hydrogen-bond donors (Lipinski definition) is 1. The van der Waals surface area contributed by atoms with Crippen LogP contribution in [0.5, 0.6) is 0 Å². The van der Waals surface area contributed by atoms with Crippen LogP contribution in [0.25, 0.3) is 11.4 Å². The number of halogens is 1. The molecule has 1 N–H and O–H groups in total. The van der Waals surface area contributed by atoms with E-state index in [1.165, 1.54) is 0 Å². The van der Waals surface area contributed by atoms with Gasteiger partial charge in [0, 0.05) is 44.2 Å². The minimum absolute atomic E-state index is 0.0429. The van der Waals surface area contributed by atoms with E-state index in [1.807, 2.05) is 49.4 Å². The first kappa shape index (κ1) is 19.4. The Bertz CT molecular complexity index is 960. The number of anilines is 1. The Morgan fingerprint density at radius 1 is 1.07 bits per heavy atom. The number of hydrogen-bond acceptors (Lipinski definition) is 4. The maximum atomic E-state index is 12.2. The Hall–Kier alpha value is -2.38. The molecule has 0 spiro atoms. The highest BCUT2D eigenvalue weighted by atomic mass is 79.9. The molecule has 3 aromatic rings. The van der Waals surface area contributed by atoms with E-state index in [9.17, 15) is 9.00 Å². The van der Waals surface area contributed by atoms with Crippen LogP contribution in [0.1, 0.15) is 11.3 Å². The first-order valence-corrected chi connectivity index (χ1v) is 10.6. The zero-order valence-electron chi connectivity index (χ0n) is 14.7. The first-order chi connectivity index (χ1) is 13.0. The van der Waals surface area contributed by atoms with Gasteiger partial charge in [-0.1, -0.05) is 28.1 Å².